The van der Waals surface area contributed by atoms with E-state index in [-0.39, 0.29) is 18.5 Å². The van der Waals surface area contributed by atoms with Gasteiger partial charge in [-0.2, -0.15) is 0 Å². The lowest BCUT2D eigenvalue weighted by Gasteiger charge is -2.27. The number of urea groups is 1. The molecule has 0 aliphatic heterocycles. The first-order valence-corrected chi connectivity index (χ1v) is 6.94. The average Bonchev–Trinajstić information content (AvgIpc) is 2.34. The summed E-state index contributed by atoms with van der Waals surface area (Å²) in [6.07, 6.45) is -0.0305. The number of hydrogen-bond donors (Lipinski definition) is 2. The van der Waals surface area contributed by atoms with Crippen molar-refractivity contribution in [2.24, 2.45) is 0 Å². The van der Waals surface area contributed by atoms with E-state index < -0.39 is 5.97 Å². The number of carbonyl (C=O) groups excluding carboxylic acids is 1. The molecule has 0 radical (unpaired) electrons. The second-order valence-corrected chi connectivity index (χ2v) is 4.49. The summed E-state index contributed by atoms with van der Waals surface area (Å²) in [5.41, 5.74) is 0. The van der Waals surface area contributed by atoms with Crippen molar-refractivity contribution in [2.45, 2.75) is 40.2 Å². The van der Waals surface area contributed by atoms with Gasteiger partial charge in [0, 0.05) is 25.7 Å². The highest BCUT2D eigenvalue weighted by atomic mass is 16.4. The van der Waals surface area contributed by atoms with Crippen molar-refractivity contribution < 1.29 is 14.7 Å². The third kappa shape index (κ3) is 7.00. The molecule has 0 rings (SSSR count). The van der Waals surface area contributed by atoms with Crippen LogP contribution in [0.15, 0.2) is 0 Å². The molecule has 0 heterocycles. The van der Waals surface area contributed by atoms with Crippen LogP contribution >= 0.6 is 0 Å². The number of nitrogens with one attached hydrogen (secondary N) is 1. The summed E-state index contributed by atoms with van der Waals surface area (Å²) in [6, 6.07) is -0.487. The minimum atomic E-state index is -0.887. The Kier molecular flexibility index (Phi) is 8.95. The van der Waals surface area contributed by atoms with Crippen molar-refractivity contribution in [2.75, 3.05) is 32.7 Å². The van der Waals surface area contributed by atoms with Gasteiger partial charge in [0.25, 0.3) is 0 Å². The third-order valence-corrected chi connectivity index (χ3v) is 3.20. The fourth-order valence-corrected chi connectivity index (χ4v) is 1.98. The van der Waals surface area contributed by atoms with E-state index in [2.05, 4.69) is 24.1 Å². The van der Waals surface area contributed by atoms with Crippen molar-refractivity contribution in [3.63, 3.8) is 0 Å². The third-order valence-electron chi connectivity index (χ3n) is 3.20. The molecule has 0 aliphatic rings. The molecule has 0 bridgehead atoms. The minimum absolute atomic E-state index is 0.0305. The Morgan fingerprint density at radius 1 is 1.16 bits per heavy atom. The molecule has 0 aromatic carbocycles. The van der Waals surface area contributed by atoms with Crippen LogP contribution in [-0.4, -0.2) is 65.7 Å². The summed E-state index contributed by atoms with van der Waals surface area (Å²) in [6.45, 7) is 11.6. The molecule has 0 fully saturated rings. The van der Waals surface area contributed by atoms with Gasteiger partial charge in [-0.3, -0.25) is 4.79 Å². The molecule has 6 heteroatoms. The van der Waals surface area contributed by atoms with Crippen LogP contribution in [0, 0.1) is 0 Å². The first kappa shape index (κ1) is 17.7. The van der Waals surface area contributed by atoms with E-state index in [9.17, 15) is 9.59 Å². The van der Waals surface area contributed by atoms with Crippen molar-refractivity contribution in [1.29, 1.82) is 0 Å². The zero-order valence-electron chi connectivity index (χ0n) is 12.5. The molecule has 1 unspecified atom stereocenters. The molecule has 0 aromatic heterocycles. The van der Waals surface area contributed by atoms with Crippen molar-refractivity contribution >= 4 is 12.0 Å². The summed E-state index contributed by atoms with van der Waals surface area (Å²) in [5, 5.41) is 11.6. The van der Waals surface area contributed by atoms with Gasteiger partial charge in [-0.1, -0.05) is 13.8 Å². The highest BCUT2D eigenvalue weighted by Gasteiger charge is 2.20. The first-order valence-electron chi connectivity index (χ1n) is 6.94. The number of aliphatic carboxylic acids is 1. The van der Waals surface area contributed by atoms with Crippen LogP contribution in [0.3, 0.4) is 0 Å². The lowest BCUT2D eigenvalue weighted by atomic mass is 10.2. The molecule has 2 N–H and O–H groups in total. The second kappa shape index (κ2) is 9.61. The molecule has 6 nitrogen and oxygen atoms in total. The maximum absolute atomic E-state index is 12.0. The van der Waals surface area contributed by atoms with E-state index in [1.165, 1.54) is 0 Å². The molecule has 0 saturated heterocycles. The quantitative estimate of drug-likeness (QED) is 0.662. The fourth-order valence-electron chi connectivity index (χ4n) is 1.98. The largest absolute Gasteiger partial charge is 0.481 e. The number of carboxylic acid groups (broad SMARTS) is 1. The Morgan fingerprint density at radius 2 is 1.74 bits per heavy atom. The topological polar surface area (TPSA) is 72.9 Å². The Bertz CT molecular complexity index is 280. The zero-order chi connectivity index (χ0) is 14.8. The van der Waals surface area contributed by atoms with Gasteiger partial charge in [0.15, 0.2) is 0 Å². The van der Waals surface area contributed by atoms with E-state index in [0.29, 0.717) is 13.1 Å². The molecule has 0 aliphatic carbocycles. The number of nitrogens with zero attached hydrogens (tertiary/aromatic N) is 2. The number of carbonyl (C=O) groups is 2. The summed E-state index contributed by atoms with van der Waals surface area (Å²) in [5.74, 6) is -0.887. The van der Waals surface area contributed by atoms with Gasteiger partial charge in [0.2, 0.25) is 0 Å². The number of hydrogen-bond acceptors (Lipinski definition) is 3. The highest BCUT2D eigenvalue weighted by molar-refractivity contribution is 5.75. The molecule has 112 valence electrons. The Labute approximate surface area is 115 Å². The Morgan fingerprint density at radius 3 is 2.16 bits per heavy atom. The summed E-state index contributed by atoms with van der Waals surface area (Å²) < 4.78 is 0. The van der Waals surface area contributed by atoms with Crippen LogP contribution < -0.4 is 5.32 Å². The summed E-state index contributed by atoms with van der Waals surface area (Å²) in [7, 11) is 0. The van der Waals surface area contributed by atoms with Crippen LogP contribution in [0.1, 0.15) is 34.1 Å². The number of carboxylic acids is 1. The van der Waals surface area contributed by atoms with Crippen LogP contribution in [-0.2, 0) is 4.79 Å². The Hall–Kier alpha value is -1.30. The van der Waals surface area contributed by atoms with Gasteiger partial charge in [0.1, 0.15) is 0 Å². The Balaban J connectivity index is 4.17. The molecule has 0 saturated carbocycles. The predicted octanol–water partition coefficient (Wildman–Crippen LogP) is 1.22. The molecule has 2 amide bonds. The van der Waals surface area contributed by atoms with Gasteiger partial charge in [-0.05, 0) is 26.9 Å². The van der Waals surface area contributed by atoms with Crippen molar-refractivity contribution in [3.05, 3.63) is 0 Å². The highest BCUT2D eigenvalue weighted by Crippen LogP contribution is 2.04. The van der Waals surface area contributed by atoms with Gasteiger partial charge in [-0.15, -0.1) is 0 Å². The van der Waals surface area contributed by atoms with Crippen molar-refractivity contribution in [1.82, 2.24) is 15.1 Å². The number of rotatable bonds is 9. The molecule has 1 atom stereocenters. The molecule has 0 aromatic rings. The van der Waals surface area contributed by atoms with Crippen LogP contribution in [0.4, 0.5) is 4.79 Å². The maximum Gasteiger partial charge on any atom is 0.317 e. The summed E-state index contributed by atoms with van der Waals surface area (Å²) in [4.78, 5) is 26.4. The fraction of sp³-hybridized carbons (Fsp3) is 0.846. The normalized spacial score (nSPS) is 12.3. The van der Waals surface area contributed by atoms with Crippen LogP contribution in [0.2, 0.25) is 0 Å². The molecular weight excluding hydrogens is 246 g/mol. The van der Waals surface area contributed by atoms with Crippen LogP contribution in [0.25, 0.3) is 0 Å². The van der Waals surface area contributed by atoms with E-state index in [0.717, 1.165) is 19.6 Å². The predicted molar refractivity (Wildman–Crippen MR) is 75.3 cm³/mol. The monoisotopic (exact) mass is 273 g/mol. The van der Waals surface area contributed by atoms with Gasteiger partial charge >= 0.3 is 12.0 Å². The number of likely N-dealkylation sites (N-methyl/N-ethyl adjacent to an activating group) is 1. The summed E-state index contributed by atoms with van der Waals surface area (Å²) >= 11 is 0. The smallest absolute Gasteiger partial charge is 0.317 e. The lowest BCUT2D eigenvalue weighted by molar-refractivity contribution is -0.138. The molecular formula is C13H27N3O3. The maximum atomic E-state index is 12.0. The van der Waals surface area contributed by atoms with Gasteiger partial charge in [0.05, 0.1) is 6.42 Å². The molecule has 0 spiro atoms. The van der Waals surface area contributed by atoms with Crippen molar-refractivity contribution in [3.8, 4) is 0 Å². The lowest BCUT2D eigenvalue weighted by Crippen LogP contribution is -2.47. The van der Waals surface area contributed by atoms with E-state index in [1.54, 1.807) is 11.8 Å². The number of amides is 2. The van der Waals surface area contributed by atoms with Gasteiger partial charge in [-0.25, -0.2) is 4.79 Å². The zero-order valence-corrected chi connectivity index (χ0v) is 12.5. The van der Waals surface area contributed by atoms with E-state index in [4.69, 9.17) is 5.11 Å². The van der Waals surface area contributed by atoms with E-state index >= 15 is 0 Å². The second-order valence-electron chi connectivity index (χ2n) is 4.49. The minimum Gasteiger partial charge on any atom is -0.481 e. The average molecular weight is 273 g/mol. The van der Waals surface area contributed by atoms with Gasteiger partial charge < -0.3 is 20.2 Å². The van der Waals surface area contributed by atoms with E-state index in [1.807, 2.05) is 6.92 Å². The SMILES string of the molecule is CCN(CC)CCNC(=O)N(CC)C(C)CC(=O)O. The first-order chi connectivity index (χ1) is 8.96. The van der Waals surface area contributed by atoms with Crippen LogP contribution in [0.5, 0.6) is 0 Å². The standard InChI is InChI=1S/C13H27N3O3/c1-5-15(6-2)9-8-14-13(19)16(7-3)11(4)10-12(17)18/h11H,5-10H2,1-4H3,(H,14,19)(H,17,18). The molecule has 19 heavy (non-hydrogen) atoms.